The first-order valence-electron chi connectivity index (χ1n) is 8.11. The molecule has 0 fully saturated rings. The van der Waals surface area contributed by atoms with Crippen molar-refractivity contribution >= 4 is 5.97 Å². The number of carbonyl (C=O) groups is 1. The highest BCUT2D eigenvalue weighted by Gasteiger charge is 1.95. The summed E-state index contributed by atoms with van der Waals surface area (Å²) in [6.45, 7) is 2.15. The normalized spacial score (nSPS) is 12.5. The molecule has 0 aliphatic heterocycles. The molecule has 0 aliphatic carbocycles. The first-order valence-corrected chi connectivity index (χ1v) is 8.11. The molecule has 0 aromatic heterocycles. The molecule has 3 nitrogen and oxygen atoms in total. The molecule has 21 heavy (non-hydrogen) atoms. The Balaban J connectivity index is 3.50. The maximum absolute atomic E-state index is 10.3. The van der Waals surface area contributed by atoms with Gasteiger partial charge < -0.3 is 10.2 Å². The number of aliphatic hydroxyl groups is 1. The van der Waals surface area contributed by atoms with Gasteiger partial charge in [-0.05, 0) is 37.8 Å². The average molecular weight is 294 g/mol. The van der Waals surface area contributed by atoms with Crippen molar-refractivity contribution in [3.8, 4) is 0 Å². The summed E-state index contributed by atoms with van der Waals surface area (Å²) >= 11 is 0. The number of rotatable bonds is 13. The first kappa shape index (κ1) is 19.5. The minimum absolute atomic E-state index is 0.287. The summed E-state index contributed by atoms with van der Waals surface area (Å²) in [4.78, 5) is 10.3. The van der Waals surface area contributed by atoms with Crippen LogP contribution in [0.5, 0.6) is 0 Å². The van der Waals surface area contributed by atoms with E-state index in [1.54, 1.807) is 12.2 Å². The van der Waals surface area contributed by atoms with Gasteiger partial charge >= 0.3 is 5.97 Å². The molecule has 0 aliphatic rings. The Hall–Kier alpha value is -1.51. The summed E-state index contributed by atoms with van der Waals surface area (Å²) in [7, 11) is 0. The number of hydrogen-bond donors (Lipinski definition) is 2. The summed E-state index contributed by atoms with van der Waals surface area (Å²) in [5.74, 6) is -0.399. The van der Waals surface area contributed by atoms with Crippen molar-refractivity contribution in [2.75, 3.05) is 0 Å². The van der Waals surface area contributed by atoms with Crippen LogP contribution in [-0.4, -0.2) is 16.2 Å². The summed E-state index contributed by atoms with van der Waals surface area (Å²) < 4.78 is 0. The summed E-state index contributed by atoms with van der Waals surface area (Å²) in [6, 6.07) is 0. The van der Waals surface area contributed by atoms with Crippen LogP contribution in [0.2, 0.25) is 0 Å². The van der Waals surface area contributed by atoms with E-state index in [2.05, 4.69) is 13.0 Å². The number of hydrogen-bond acceptors (Lipinski definition) is 2. The molecule has 0 rings (SSSR count). The van der Waals surface area contributed by atoms with E-state index in [4.69, 9.17) is 5.11 Å². The second kappa shape index (κ2) is 14.9. The monoisotopic (exact) mass is 294 g/mol. The fourth-order valence-corrected chi connectivity index (χ4v) is 1.91. The third-order valence-electron chi connectivity index (χ3n) is 3.18. The van der Waals surface area contributed by atoms with Crippen molar-refractivity contribution in [1.82, 2.24) is 0 Å². The van der Waals surface area contributed by atoms with Crippen molar-refractivity contribution in [3.05, 3.63) is 36.1 Å². The van der Waals surface area contributed by atoms with Crippen LogP contribution in [0.1, 0.15) is 71.1 Å². The molecule has 0 saturated heterocycles. The lowest BCUT2D eigenvalue weighted by atomic mass is 10.1. The fraction of sp³-hybridized carbons (Fsp3) is 0.611. The van der Waals surface area contributed by atoms with Gasteiger partial charge in [0.1, 0.15) is 5.76 Å². The van der Waals surface area contributed by atoms with Crippen LogP contribution in [0, 0.1) is 0 Å². The van der Waals surface area contributed by atoms with E-state index in [0.717, 1.165) is 51.4 Å². The zero-order valence-electron chi connectivity index (χ0n) is 13.3. The van der Waals surface area contributed by atoms with Gasteiger partial charge in [-0.2, -0.15) is 0 Å². The maximum atomic E-state index is 10.3. The Bertz CT molecular complexity index is 340. The highest BCUT2D eigenvalue weighted by molar-refractivity contribution is 5.66. The molecular formula is C18H30O3. The molecule has 0 bridgehead atoms. The smallest absolute Gasteiger partial charge is 0.303 e. The highest BCUT2D eigenvalue weighted by Crippen LogP contribution is 2.07. The second-order valence-electron chi connectivity index (χ2n) is 5.26. The van der Waals surface area contributed by atoms with Crippen molar-refractivity contribution in [2.24, 2.45) is 0 Å². The zero-order valence-corrected chi connectivity index (χ0v) is 13.3. The Kier molecular flexibility index (Phi) is 13.8. The summed E-state index contributed by atoms with van der Waals surface area (Å²) in [5, 5.41) is 18.1. The van der Waals surface area contributed by atoms with Gasteiger partial charge in [-0.25, -0.2) is 0 Å². The molecule has 0 atom stereocenters. The molecule has 0 radical (unpaired) electrons. The first-order chi connectivity index (χ1) is 10.2. The van der Waals surface area contributed by atoms with E-state index >= 15 is 0 Å². The summed E-state index contributed by atoms with van der Waals surface area (Å²) in [5.41, 5.74) is 0. The number of aliphatic hydroxyl groups excluding tert-OH is 1. The number of allylic oxidation sites excluding steroid dienone is 5. The lowest BCUT2D eigenvalue weighted by molar-refractivity contribution is -0.137. The molecule has 0 spiro atoms. The van der Waals surface area contributed by atoms with Gasteiger partial charge in [0.2, 0.25) is 0 Å². The molecule has 0 heterocycles. The average Bonchev–Trinajstić information content (AvgIpc) is 2.45. The number of aliphatic carboxylic acids is 1. The lowest BCUT2D eigenvalue weighted by Crippen LogP contribution is -1.93. The molecule has 120 valence electrons. The predicted molar refractivity (Wildman–Crippen MR) is 88.5 cm³/mol. The molecule has 0 amide bonds. The van der Waals surface area contributed by atoms with Crippen molar-refractivity contribution in [3.63, 3.8) is 0 Å². The Morgan fingerprint density at radius 3 is 2.29 bits per heavy atom. The van der Waals surface area contributed by atoms with E-state index < -0.39 is 5.97 Å². The molecule has 0 unspecified atom stereocenters. The molecule has 3 heteroatoms. The van der Waals surface area contributed by atoms with Crippen LogP contribution in [0.4, 0.5) is 0 Å². The predicted octanol–water partition coefficient (Wildman–Crippen LogP) is 5.55. The van der Waals surface area contributed by atoms with Crippen LogP contribution in [0.25, 0.3) is 0 Å². The van der Waals surface area contributed by atoms with E-state index in [1.807, 2.05) is 12.2 Å². The van der Waals surface area contributed by atoms with Gasteiger partial charge in [0.25, 0.3) is 0 Å². The Labute approximate surface area is 129 Å². The van der Waals surface area contributed by atoms with E-state index in [0.29, 0.717) is 5.76 Å². The fourth-order valence-electron chi connectivity index (χ4n) is 1.91. The van der Waals surface area contributed by atoms with Crippen LogP contribution in [-0.2, 0) is 4.79 Å². The quantitative estimate of drug-likeness (QED) is 0.266. The maximum Gasteiger partial charge on any atom is 0.303 e. The van der Waals surface area contributed by atoms with Gasteiger partial charge in [-0.1, -0.05) is 57.3 Å². The zero-order chi connectivity index (χ0) is 15.8. The van der Waals surface area contributed by atoms with Crippen LogP contribution in [0.15, 0.2) is 36.1 Å². The topological polar surface area (TPSA) is 57.5 Å². The standard InChI is InChI=1S/C18H30O3/c1-2-3-4-11-14-17(19)15-12-9-7-5-6-8-10-13-16-18(20)21/h9,11-12,14-15,19H,2-8,10,13,16H2,1H3,(H,20,21)/b12-9+,14-11+,17-15-. The van der Waals surface area contributed by atoms with Crippen LogP contribution < -0.4 is 0 Å². The van der Waals surface area contributed by atoms with Gasteiger partial charge in [-0.15, -0.1) is 0 Å². The SMILES string of the molecule is CCCC/C=C/C(O)=C/C=C/CCCCCCCC(=O)O. The van der Waals surface area contributed by atoms with Gasteiger partial charge in [-0.3, -0.25) is 4.79 Å². The third kappa shape index (κ3) is 16.4. The van der Waals surface area contributed by atoms with E-state index in [1.165, 1.54) is 6.42 Å². The van der Waals surface area contributed by atoms with Crippen molar-refractivity contribution in [1.29, 1.82) is 0 Å². The second-order valence-corrected chi connectivity index (χ2v) is 5.26. The van der Waals surface area contributed by atoms with Gasteiger partial charge in [0.05, 0.1) is 0 Å². The van der Waals surface area contributed by atoms with Gasteiger partial charge in [0, 0.05) is 6.42 Å². The minimum atomic E-state index is -0.701. The summed E-state index contributed by atoms with van der Waals surface area (Å²) in [6.07, 6.45) is 19.2. The number of unbranched alkanes of at least 4 members (excludes halogenated alkanes) is 7. The number of carboxylic acid groups (broad SMARTS) is 1. The molecule has 0 aromatic carbocycles. The van der Waals surface area contributed by atoms with Crippen LogP contribution >= 0.6 is 0 Å². The van der Waals surface area contributed by atoms with Crippen molar-refractivity contribution in [2.45, 2.75) is 71.1 Å². The largest absolute Gasteiger partial charge is 0.508 e. The molecule has 0 aromatic rings. The molecule has 0 saturated carbocycles. The van der Waals surface area contributed by atoms with Crippen molar-refractivity contribution < 1.29 is 15.0 Å². The highest BCUT2D eigenvalue weighted by atomic mass is 16.4. The van der Waals surface area contributed by atoms with E-state index in [-0.39, 0.29) is 6.42 Å². The van der Waals surface area contributed by atoms with E-state index in [9.17, 15) is 9.90 Å². The molecular weight excluding hydrogens is 264 g/mol. The Morgan fingerprint density at radius 2 is 1.57 bits per heavy atom. The Morgan fingerprint density at radius 1 is 0.905 bits per heavy atom. The lowest BCUT2D eigenvalue weighted by Gasteiger charge is -1.97. The minimum Gasteiger partial charge on any atom is -0.508 e. The number of carboxylic acids is 1. The van der Waals surface area contributed by atoms with Gasteiger partial charge in [0.15, 0.2) is 0 Å². The third-order valence-corrected chi connectivity index (χ3v) is 3.18. The van der Waals surface area contributed by atoms with Crippen LogP contribution in [0.3, 0.4) is 0 Å². The molecule has 2 N–H and O–H groups in total.